The van der Waals surface area contributed by atoms with E-state index in [2.05, 4.69) is 5.32 Å². The van der Waals surface area contributed by atoms with E-state index in [1.807, 2.05) is 0 Å². The van der Waals surface area contributed by atoms with E-state index in [-0.39, 0.29) is 35.6 Å². The van der Waals surface area contributed by atoms with Crippen molar-refractivity contribution in [2.24, 2.45) is 0 Å². The molecule has 3 N–H and O–H groups in total. The number of imide groups is 1. The van der Waals surface area contributed by atoms with Gasteiger partial charge in [-0.3, -0.25) is 24.6 Å². The summed E-state index contributed by atoms with van der Waals surface area (Å²) in [5, 5.41) is 21.8. The summed E-state index contributed by atoms with van der Waals surface area (Å²) < 4.78 is 0. The zero-order valence-electron chi connectivity index (χ0n) is 10.4. The molecule has 2 unspecified atom stereocenters. The summed E-state index contributed by atoms with van der Waals surface area (Å²) in [7, 11) is 0. The molecule has 2 atom stereocenters. The fraction of sp³-hybridized carbons (Fsp3) is 0.308. The van der Waals surface area contributed by atoms with Crippen molar-refractivity contribution in [1.82, 2.24) is 10.2 Å². The van der Waals surface area contributed by atoms with Crippen molar-refractivity contribution in [3.05, 3.63) is 29.3 Å². The number of phenols is 1. The Bertz CT molecular complexity index is 627. The van der Waals surface area contributed by atoms with E-state index < -0.39 is 24.1 Å². The molecule has 1 aromatic rings. The van der Waals surface area contributed by atoms with Gasteiger partial charge in [0.05, 0.1) is 0 Å². The summed E-state index contributed by atoms with van der Waals surface area (Å²) in [5.74, 6) is -1.53. The van der Waals surface area contributed by atoms with Gasteiger partial charge < -0.3 is 10.2 Å². The largest absolute Gasteiger partial charge is 0.508 e. The first kappa shape index (κ1) is 12.6. The lowest BCUT2D eigenvalue weighted by Crippen LogP contribution is -2.53. The molecule has 1 saturated heterocycles. The van der Waals surface area contributed by atoms with Crippen LogP contribution < -0.4 is 5.32 Å². The number of rotatable bonds is 1. The topological polar surface area (TPSA) is 107 Å². The molecule has 0 spiro atoms. The number of hydrogen-bond acceptors (Lipinski definition) is 5. The minimum absolute atomic E-state index is 0.0688. The third-order valence-electron chi connectivity index (χ3n) is 3.59. The van der Waals surface area contributed by atoms with Crippen LogP contribution in [0.1, 0.15) is 35.0 Å². The van der Waals surface area contributed by atoms with Crippen molar-refractivity contribution in [2.45, 2.75) is 25.1 Å². The van der Waals surface area contributed by atoms with Gasteiger partial charge in [0.2, 0.25) is 11.8 Å². The molecule has 2 aliphatic heterocycles. The third-order valence-corrected chi connectivity index (χ3v) is 3.59. The maximum atomic E-state index is 12.3. The van der Waals surface area contributed by atoms with Crippen LogP contribution in [0, 0.1) is 0 Å². The average molecular weight is 276 g/mol. The van der Waals surface area contributed by atoms with Crippen LogP contribution in [0.15, 0.2) is 18.2 Å². The van der Waals surface area contributed by atoms with Crippen LogP contribution in [0.3, 0.4) is 0 Å². The zero-order valence-corrected chi connectivity index (χ0v) is 10.4. The smallest absolute Gasteiger partial charge is 0.257 e. The van der Waals surface area contributed by atoms with E-state index in [1.165, 1.54) is 18.2 Å². The Morgan fingerprint density at radius 2 is 2.00 bits per heavy atom. The van der Waals surface area contributed by atoms with E-state index in [1.54, 1.807) is 0 Å². The highest BCUT2D eigenvalue weighted by Gasteiger charge is 2.44. The molecule has 0 aromatic heterocycles. The van der Waals surface area contributed by atoms with Gasteiger partial charge in [-0.1, -0.05) is 0 Å². The van der Waals surface area contributed by atoms with E-state index in [4.69, 9.17) is 0 Å². The SMILES string of the molecule is O=C1CCC(N2C(=O)c3ccc(O)cc3C2O)C(=O)N1. The second kappa shape index (κ2) is 4.31. The van der Waals surface area contributed by atoms with Gasteiger partial charge in [-0.15, -0.1) is 0 Å². The van der Waals surface area contributed by atoms with Gasteiger partial charge in [-0.2, -0.15) is 0 Å². The predicted octanol–water partition coefficient (Wildman–Crippen LogP) is -0.356. The molecule has 2 heterocycles. The van der Waals surface area contributed by atoms with Crippen LogP contribution >= 0.6 is 0 Å². The monoisotopic (exact) mass is 276 g/mol. The quantitative estimate of drug-likeness (QED) is 0.607. The number of benzene rings is 1. The highest BCUT2D eigenvalue weighted by atomic mass is 16.3. The number of aliphatic hydroxyl groups excluding tert-OH is 1. The van der Waals surface area contributed by atoms with E-state index in [0.29, 0.717) is 0 Å². The number of carbonyl (C=O) groups is 3. The van der Waals surface area contributed by atoms with Gasteiger partial charge in [-0.25, -0.2) is 0 Å². The lowest BCUT2D eigenvalue weighted by atomic mass is 10.0. The van der Waals surface area contributed by atoms with Crippen LogP contribution in [-0.4, -0.2) is 38.9 Å². The molecule has 1 fully saturated rings. The van der Waals surface area contributed by atoms with Gasteiger partial charge in [0.1, 0.15) is 11.8 Å². The lowest BCUT2D eigenvalue weighted by molar-refractivity contribution is -0.139. The lowest BCUT2D eigenvalue weighted by Gasteiger charge is -2.31. The number of aliphatic hydroxyl groups is 1. The predicted molar refractivity (Wildman–Crippen MR) is 65.4 cm³/mol. The maximum absolute atomic E-state index is 12.3. The summed E-state index contributed by atoms with van der Waals surface area (Å²) >= 11 is 0. The number of piperidine rings is 1. The van der Waals surface area contributed by atoms with Crippen molar-refractivity contribution in [3.8, 4) is 5.75 Å². The second-order valence-electron chi connectivity index (χ2n) is 4.82. The molecule has 104 valence electrons. The molecular formula is C13H12N2O5. The normalized spacial score (nSPS) is 25.6. The summed E-state index contributed by atoms with van der Waals surface area (Å²) in [6.07, 6.45) is -1.00. The Kier molecular flexibility index (Phi) is 2.72. The number of nitrogens with zero attached hydrogens (tertiary/aromatic N) is 1. The van der Waals surface area contributed by atoms with Crippen molar-refractivity contribution in [2.75, 3.05) is 0 Å². The number of aromatic hydroxyl groups is 1. The van der Waals surface area contributed by atoms with Crippen molar-refractivity contribution in [1.29, 1.82) is 0 Å². The maximum Gasteiger partial charge on any atom is 0.257 e. The first-order chi connectivity index (χ1) is 9.49. The molecule has 0 bridgehead atoms. The molecule has 7 nitrogen and oxygen atoms in total. The minimum Gasteiger partial charge on any atom is -0.508 e. The Morgan fingerprint density at radius 1 is 1.25 bits per heavy atom. The number of phenolic OH excluding ortho intramolecular Hbond substituents is 1. The van der Waals surface area contributed by atoms with Gasteiger partial charge in [0.25, 0.3) is 5.91 Å². The third kappa shape index (κ3) is 1.75. The molecule has 3 amide bonds. The first-order valence-electron chi connectivity index (χ1n) is 6.16. The fourth-order valence-corrected chi connectivity index (χ4v) is 2.62. The van der Waals surface area contributed by atoms with Crippen molar-refractivity contribution in [3.63, 3.8) is 0 Å². The molecular weight excluding hydrogens is 264 g/mol. The fourth-order valence-electron chi connectivity index (χ4n) is 2.62. The van der Waals surface area contributed by atoms with Crippen LogP contribution in [-0.2, 0) is 9.59 Å². The van der Waals surface area contributed by atoms with Crippen molar-refractivity contribution >= 4 is 17.7 Å². The zero-order chi connectivity index (χ0) is 14.4. The van der Waals surface area contributed by atoms with Crippen LogP contribution in [0.25, 0.3) is 0 Å². The number of carbonyl (C=O) groups excluding carboxylic acids is 3. The average Bonchev–Trinajstić information content (AvgIpc) is 2.63. The van der Waals surface area contributed by atoms with Gasteiger partial charge >= 0.3 is 0 Å². The van der Waals surface area contributed by atoms with Crippen molar-refractivity contribution < 1.29 is 24.6 Å². The van der Waals surface area contributed by atoms with E-state index in [9.17, 15) is 24.6 Å². The van der Waals surface area contributed by atoms with Crippen LogP contribution in [0.2, 0.25) is 0 Å². The highest BCUT2D eigenvalue weighted by molar-refractivity contribution is 6.05. The summed E-state index contributed by atoms with van der Waals surface area (Å²) in [4.78, 5) is 36.3. The number of nitrogens with one attached hydrogen (secondary N) is 1. The molecule has 20 heavy (non-hydrogen) atoms. The van der Waals surface area contributed by atoms with Gasteiger partial charge in [-0.05, 0) is 24.6 Å². The molecule has 1 aromatic carbocycles. The molecule has 2 aliphatic rings. The molecule has 0 saturated carbocycles. The Hall–Kier alpha value is -2.41. The Balaban J connectivity index is 1.95. The van der Waals surface area contributed by atoms with Gasteiger partial charge in [0.15, 0.2) is 6.23 Å². The van der Waals surface area contributed by atoms with E-state index in [0.717, 1.165) is 4.90 Å². The standard InChI is InChI=1S/C13H12N2O5/c16-6-1-2-7-8(5-6)13(20)15(12(7)19)9-3-4-10(17)14-11(9)18/h1-2,5,9,13,16,20H,3-4H2,(H,14,17,18). The Labute approximate surface area is 113 Å². The number of hydrogen-bond donors (Lipinski definition) is 3. The van der Waals surface area contributed by atoms with E-state index >= 15 is 0 Å². The first-order valence-corrected chi connectivity index (χ1v) is 6.16. The number of fused-ring (bicyclic) bond motifs is 1. The van der Waals surface area contributed by atoms with Crippen LogP contribution in [0.4, 0.5) is 0 Å². The summed E-state index contributed by atoms with van der Waals surface area (Å²) in [6, 6.07) is 3.16. The Morgan fingerprint density at radius 3 is 2.70 bits per heavy atom. The van der Waals surface area contributed by atoms with Crippen LogP contribution in [0.5, 0.6) is 5.75 Å². The summed E-state index contributed by atoms with van der Waals surface area (Å²) in [5.41, 5.74) is 0.514. The second-order valence-corrected chi connectivity index (χ2v) is 4.82. The molecule has 3 rings (SSSR count). The summed E-state index contributed by atoms with van der Waals surface area (Å²) in [6.45, 7) is 0. The van der Waals surface area contributed by atoms with Gasteiger partial charge in [0, 0.05) is 17.5 Å². The molecule has 7 heteroatoms. The minimum atomic E-state index is -1.30. The number of amides is 3. The highest BCUT2D eigenvalue weighted by Crippen LogP contribution is 2.36. The molecule has 0 aliphatic carbocycles. The molecule has 0 radical (unpaired) electrons.